The molecule has 3 aliphatic rings. The number of amides is 2. The molecule has 1 aromatic carbocycles. The van der Waals surface area contributed by atoms with Crippen LogP contribution in [0.5, 0.6) is 0 Å². The fraction of sp³-hybridized carbons (Fsp3) is 0.522. The van der Waals surface area contributed by atoms with Crippen LogP contribution in [-0.4, -0.2) is 50.8 Å². The van der Waals surface area contributed by atoms with E-state index in [2.05, 4.69) is 23.2 Å². The second kappa shape index (κ2) is 7.65. The molecule has 0 spiro atoms. The third kappa shape index (κ3) is 3.34. The highest BCUT2D eigenvalue weighted by Gasteiger charge is 2.32. The number of carbonyl (C=O) groups excluding carboxylic acids is 2. The van der Waals surface area contributed by atoms with Crippen molar-refractivity contribution in [1.82, 2.24) is 19.4 Å². The highest BCUT2D eigenvalue weighted by Crippen LogP contribution is 2.26. The second-order valence-corrected chi connectivity index (χ2v) is 8.44. The van der Waals surface area contributed by atoms with Crippen LogP contribution in [0.4, 0.5) is 0 Å². The summed E-state index contributed by atoms with van der Waals surface area (Å²) < 4.78 is 2.03. The fourth-order valence-electron chi connectivity index (χ4n) is 4.93. The minimum absolute atomic E-state index is 0.0124. The standard InChI is InChI=1S/C23H28N4O2/c28-22(25-12-5-1-6-13-25)20-19-10-4-7-14-27(19)21(24-20)23(29)26-15-11-17-8-2-3-9-18(17)16-26/h2-3,8-9H,1,4-7,10-16H2. The Hall–Kier alpha value is -2.63. The average molecular weight is 393 g/mol. The van der Waals surface area contributed by atoms with Crippen molar-refractivity contribution in [3.8, 4) is 0 Å². The Labute approximate surface area is 171 Å². The monoisotopic (exact) mass is 392 g/mol. The summed E-state index contributed by atoms with van der Waals surface area (Å²) in [5, 5.41) is 0. The van der Waals surface area contributed by atoms with E-state index < -0.39 is 0 Å². The Balaban J connectivity index is 1.45. The van der Waals surface area contributed by atoms with Crippen molar-refractivity contribution < 1.29 is 9.59 Å². The molecule has 0 bridgehead atoms. The Kier molecular flexibility index (Phi) is 4.86. The van der Waals surface area contributed by atoms with E-state index >= 15 is 0 Å². The van der Waals surface area contributed by atoms with Gasteiger partial charge in [0, 0.05) is 32.7 Å². The maximum absolute atomic E-state index is 13.4. The van der Waals surface area contributed by atoms with Crippen LogP contribution in [0.15, 0.2) is 24.3 Å². The SMILES string of the molecule is O=C(c1nc(C(=O)N2CCc3ccccc3C2)n2c1CCCC2)N1CCCCC1. The molecule has 0 radical (unpaired) electrons. The molecule has 6 nitrogen and oxygen atoms in total. The summed E-state index contributed by atoms with van der Waals surface area (Å²) in [7, 11) is 0. The van der Waals surface area contributed by atoms with Gasteiger partial charge in [0.25, 0.3) is 11.8 Å². The van der Waals surface area contributed by atoms with Crippen LogP contribution < -0.4 is 0 Å². The predicted octanol–water partition coefficient (Wildman–Crippen LogP) is 3.04. The number of hydrogen-bond acceptors (Lipinski definition) is 3. The molecule has 29 heavy (non-hydrogen) atoms. The summed E-state index contributed by atoms with van der Waals surface area (Å²) in [6.07, 6.45) is 7.08. The van der Waals surface area contributed by atoms with Crippen LogP contribution in [-0.2, 0) is 25.9 Å². The molecule has 3 aliphatic heterocycles. The molecule has 1 saturated heterocycles. The quantitative estimate of drug-likeness (QED) is 0.789. The first-order valence-corrected chi connectivity index (χ1v) is 11.0. The zero-order valence-electron chi connectivity index (χ0n) is 16.9. The number of benzene rings is 1. The molecule has 0 aliphatic carbocycles. The average Bonchev–Trinajstić information content (AvgIpc) is 3.18. The van der Waals surface area contributed by atoms with Gasteiger partial charge in [0.2, 0.25) is 0 Å². The minimum Gasteiger partial charge on any atom is -0.337 e. The highest BCUT2D eigenvalue weighted by atomic mass is 16.2. The van der Waals surface area contributed by atoms with E-state index in [1.165, 1.54) is 17.5 Å². The van der Waals surface area contributed by atoms with Crippen LogP contribution >= 0.6 is 0 Å². The molecule has 0 saturated carbocycles. The summed E-state index contributed by atoms with van der Waals surface area (Å²) in [4.78, 5) is 35.1. The van der Waals surface area contributed by atoms with E-state index in [1.54, 1.807) is 0 Å². The number of rotatable bonds is 2. The second-order valence-electron chi connectivity index (χ2n) is 8.44. The molecule has 6 heteroatoms. The number of piperidine rings is 1. The molecule has 2 aromatic rings. The third-order valence-corrected chi connectivity index (χ3v) is 6.57. The lowest BCUT2D eigenvalue weighted by molar-refractivity contribution is 0.0715. The van der Waals surface area contributed by atoms with Gasteiger partial charge in [-0.25, -0.2) is 4.98 Å². The van der Waals surface area contributed by atoms with Crippen molar-refractivity contribution in [2.75, 3.05) is 19.6 Å². The molecule has 1 aromatic heterocycles. The van der Waals surface area contributed by atoms with Crippen LogP contribution in [0.2, 0.25) is 0 Å². The van der Waals surface area contributed by atoms with Gasteiger partial charge >= 0.3 is 0 Å². The van der Waals surface area contributed by atoms with Crippen LogP contribution in [0.1, 0.15) is 70.0 Å². The first-order chi connectivity index (χ1) is 14.2. The lowest BCUT2D eigenvalue weighted by atomic mass is 10.00. The van der Waals surface area contributed by atoms with Crippen molar-refractivity contribution in [3.63, 3.8) is 0 Å². The van der Waals surface area contributed by atoms with E-state index in [0.717, 1.165) is 63.9 Å². The Morgan fingerprint density at radius 1 is 0.759 bits per heavy atom. The van der Waals surface area contributed by atoms with Gasteiger partial charge in [0.1, 0.15) is 5.69 Å². The number of aromatic nitrogens is 2. The van der Waals surface area contributed by atoms with Crippen molar-refractivity contribution in [2.45, 2.75) is 58.0 Å². The number of carbonyl (C=O) groups is 2. The fourth-order valence-corrected chi connectivity index (χ4v) is 4.93. The van der Waals surface area contributed by atoms with Gasteiger partial charge in [-0.3, -0.25) is 9.59 Å². The number of hydrogen-bond donors (Lipinski definition) is 0. The zero-order valence-corrected chi connectivity index (χ0v) is 16.9. The lowest BCUT2D eigenvalue weighted by Crippen LogP contribution is -2.37. The Bertz CT molecular complexity index is 942. The molecule has 4 heterocycles. The maximum atomic E-state index is 13.4. The molecule has 0 N–H and O–H groups in total. The van der Waals surface area contributed by atoms with Crippen molar-refractivity contribution in [2.24, 2.45) is 0 Å². The van der Waals surface area contributed by atoms with Crippen LogP contribution in [0, 0.1) is 0 Å². The molecule has 0 unspecified atom stereocenters. The summed E-state index contributed by atoms with van der Waals surface area (Å²) in [6.45, 7) is 3.70. The molecule has 2 amide bonds. The highest BCUT2D eigenvalue weighted by molar-refractivity contribution is 5.97. The molecule has 5 rings (SSSR count). The first kappa shape index (κ1) is 18.4. The maximum Gasteiger partial charge on any atom is 0.290 e. The Morgan fingerprint density at radius 3 is 2.34 bits per heavy atom. The van der Waals surface area contributed by atoms with Crippen molar-refractivity contribution >= 4 is 11.8 Å². The van der Waals surface area contributed by atoms with Crippen LogP contribution in [0.3, 0.4) is 0 Å². The number of fused-ring (bicyclic) bond motifs is 2. The van der Waals surface area contributed by atoms with E-state index in [9.17, 15) is 9.59 Å². The van der Waals surface area contributed by atoms with Crippen LogP contribution in [0.25, 0.3) is 0 Å². The van der Waals surface area contributed by atoms with Gasteiger partial charge < -0.3 is 14.4 Å². The van der Waals surface area contributed by atoms with Crippen molar-refractivity contribution in [3.05, 3.63) is 52.6 Å². The van der Waals surface area contributed by atoms with E-state index in [4.69, 9.17) is 0 Å². The predicted molar refractivity (Wildman–Crippen MR) is 110 cm³/mol. The normalized spacial score (nSPS) is 18.9. The van der Waals surface area contributed by atoms with E-state index in [-0.39, 0.29) is 11.8 Å². The van der Waals surface area contributed by atoms with Gasteiger partial charge in [0.05, 0.1) is 5.69 Å². The molecule has 152 valence electrons. The molecular weight excluding hydrogens is 364 g/mol. The number of nitrogens with zero attached hydrogens (tertiary/aromatic N) is 4. The van der Waals surface area contributed by atoms with Gasteiger partial charge in [-0.2, -0.15) is 0 Å². The number of likely N-dealkylation sites (tertiary alicyclic amines) is 1. The topological polar surface area (TPSA) is 58.4 Å². The summed E-state index contributed by atoms with van der Waals surface area (Å²) in [6, 6.07) is 8.32. The molecular formula is C23H28N4O2. The summed E-state index contributed by atoms with van der Waals surface area (Å²) in [5.41, 5.74) is 4.02. The molecule has 0 atom stereocenters. The van der Waals surface area contributed by atoms with Gasteiger partial charge in [-0.1, -0.05) is 24.3 Å². The minimum atomic E-state index is -0.0413. The smallest absolute Gasteiger partial charge is 0.290 e. The summed E-state index contributed by atoms with van der Waals surface area (Å²) in [5.74, 6) is 0.429. The Morgan fingerprint density at radius 2 is 1.52 bits per heavy atom. The van der Waals surface area contributed by atoms with Crippen molar-refractivity contribution in [1.29, 1.82) is 0 Å². The van der Waals surface area contributed by atoms with Gasteiger partial charge in [0.15, 0.2) is 5.82 Å². The zero-order chi connectivity index (χ0) is 19.8. The lowest BCUT2D eigenvalue weighted by Gasteiger charge is -2.29. The molecule has 1 fully saturated rings. The van der Waals surface area contributed by atoms with Gasteiger partial charge in [-0.05, 0) is 56.1 Å². The van der Waals surface area contributed by atoms with E-state index in [1.807, 2.05) is 20.4 Å². The summed E-state index contributed by atoms with van der Waals surface area (Å²) >= 11 is 0. The largest absolute Gasteiger partial charge is 0.337 e. The van der Waals surface area contributed by atoms with Gasteiger partial charge in [-0.15, -0.1) is 0 Å². The first-order valence-electron chi connectivity index (χ1n) is 11.0. The number of imidazole rings is 1. The van der Waals surface area contributed by atoms with E-state index in [0.29, 0.717) is 24.6 Å². The third-order valence-electron chi connectivity index (χ3n) is 6.57.